The van der Waals surface area contributed by atoms with Gasteiger partial charge >= 0.3 is 0 Å². The van der Waals surface area contributed by atoms with Crippen molar-refractivity contribution in [1.29, 1.82) is 0 Å². The van der Waals surface area contributed by atoms with Gasteiger partial charge in [-0.25, -0.2) is 0 Å². The molecule has 0 N–H and O–H groups in total. The number of allylic oxidation sites excluding steroid dienone is 3. The van der Waals surface area contributed by atoms with E-state index in [4.69, 9.17) is 0 Å². The third-order valence-corrected chi connectivity index (χ3v) is 10.1. The van der Waals surface area contributed by atoms with Crippen molar-refractivity contribution in [3.05, 3.63) is 36.5 Å². The summed E-state index contributed by atoms with van der Waals surface area (Å²) in [6.45, 7) is 36.0. The summed E-state index contributed by atoms with van der Waals surface area (Å²) in [4.78, 5) is 14.3. The lowest BCUT2D eigenvalue weighted by molar-refractivity contribution is -0.132. The van der Waals surface area contributed by atoms with Gasteiger partial charge in [-0.3, -0.25) is 4.79 Å². The largest absolute Gasteiger partial charge is 0.299 e. The van der Waals surface area contributed by atoms with Crippen LogP contribution < -0.4 is 0 Å². The molecule has 5 unspecified atom stereocenters. The molecule has 0 heterocycles. The maximum Gasteiger partial charge on any atom is 0.140 e. The second kappa shape index (κ2) is 12.4. The molecule has 0 spiro atoms. The van der Waals surface area contributed by atoms with Gasteiger partial charge < -0.3 is 0 Å². The number of carbonyl (C=O) groups is 1. The van der Waals surface area contributed by atoms with Crippen LogP contribution in [0.1, 0.15) is 133 Å². The van der Waals surface area contributed by atoms with Crippen molar-refractivity contribution in [3.63, 3.8) is 0 Å². The molecule has 212 valence electrons. The Hall–Kier alpha value is -1.11. The SMILES string of the molecule is C=C(CCCCC(C)(C)C)CC(C(=O)C1CC2C(C1CC[C@H](CCC)C(=C)C(=C)C)C2(C)C)C(C)(C)C. The quantitative estimate of drug-likeness (QED) is 0.122. The zero-order chi connectivity index (χ0) is 28.3. The van der Waals surface area contributed by atoms with Gasteiger partial charge in [0.1, 0.15) is 5.78 Å². The monoisotopic (exact) mass is 510 g/mol. The minimum atomic E-state index is -0.0305. The first kappa shape index (κ1) is 32.1. The van der Waals surface area contributed by atoms with Crippen LogP contribution in [-0.4, -0.2) is 5.78 Å². The van der Waals surface area contributed by atoms with Crippen LogP contribution in [0.5, 0.6) is 0 Å². The number of Topliss-reactive ketones (excluding diaryl/α,β-unsaturated/α-hetero) is 1. The Morgan fingerprint density at radius 2 is 1.62 bits per heavy atom. The Morgan fingerprint density at radius 3 is 2.14 bits per heavy atom. The second-order valence-electron chi connectivity index (χ2n) is 15.9. The van der Waals surface area contributed by atoms with Crippen molar-refractivity contribution >= 4 is 5.78 Å². The van der Waals surface area contributed by atoms with Gasteiger partial charge in [-0.1, -0.05) is 106 Å². The third-order valence-electron chi connectivity index (χ3n) is 10.1. The zero-order valence-corrected chi connectivity index (χ0v) is 26.6. The van der Waals surface area contributed by atoms with E-state index >= 15 is 0 Å². The van der Waals surface area contributed by atoms with Crippen LogP contribution in [0.2, 0.25) is 0 Å². The summed E-state index contributed by atoms with van der Waals surface area (Å²) in [7, 11) is 0. The van der Waals surface area contributed by atoms with Gasteiger partial charge in [-0.05, 0) is 104 Å². The van der Waals surface area contributed by atoms with Crippen molar-refractivity contribution in [1.82, 2.24) is 0 Å². The summed E-state index contributed by atoms with van der Waals surface area (Å²) in [5, 5.41) is 0. The summed E-state index contributed by atoms with van der Waals surface area (Å²) in [5.74, 6) is 3.31. The lowest BCUT2D eigenvalue weighted by Gasteiger charge is -2.36. The molecule has 0 aromatic carbocycles. The fraction of sp³-hybridized carbons (Fsp3) is 0.806. The van der Waals surface area contributed by atoms with Crippen LogP contribution in [0.15, 0.2) is 36.5 Å². The molecular formula is C36H62O. The maximum absolute atomic E-state index is 14.3. The molecule has 37 heavy (non-hydrogen) atoms. The predicted molar refractivity (Wildman–Crippen MR) is 164 cm³/mol. The van der Waals surface area contributed by atoms with Gasteiger partial charge in [-0.2, -0.15) is 0 Å². The fourth-order valence-electron chi connectivity index (χ4n) is 7.59. The molecule has 2 rings (SSSR count). The molecule has 2 fully saturated rings. The van der Waals surface area contributed by atoms with E-state index in [-0.39, 0.29) is 17.3 Å². The highest BCUT2D eigenvalue weighted by atomic mass is 16.1. The minimum Gasteiger partial charge on any atom is -0.299 e. The van der Waals surface area contributed by atoms with E-state index in [1.165, 1.54) is 43.3 Å². The first-order valence-corrected chi connectivity index (χ1v) is 15.5. The molecule has 0 aromatic rings. The van der Waals surface area contributed by atoms with E-state index in [9.17, 15) is 4.79 Å². The molecule has 2 saturated carbocycles. The normalized spacial score (nSPS) is 26.3. The second-order valence-corrected chi connectivity index (χ2v) is 15.9. The lowest BCUT2D eigenvalue weighted by Crippen LogP contribution is -2.37. The highest BCUT2D eigenvalue weighted by Crippen LogP contribution is 2.72. The first-order valence-electron chi connectivity index (χ1n) is 15.5. The Morgan fingerprint density at radius 1 is 1.00 bits per heavy atom. The van der Waals surface area contributed by atoms with Crippen LogP contribution in [0.3, 0.4) is 0 Å². The smallest absolute Gasteiger partial charge is 0.140 e. The van der Waals surface area contributed by atoms with Crippen LogP contribution in [-0.2, 0) is 4.79 Å². The van der Waals surface area contributed by atoms with Crippen molar-refractivity contribution in [3.8, 4) is 0 Å². The summed E-state index contributed by atoms with van der Waals surface area (Å²) >= 11 is 0. The van der Waals surface area contributed by atoms with E-state index in [0.29, 0.717) is 34.4 Å². The molecule has 0 aliphatic heterocycles. The molecule has 1 heteroatoms. The van der Waals surface area contributed by atoms with Gasteiger partial charge in [0, 0.05) is 11.8 Å². The minimum absolute atomic E-state index is 0.0305. The molecule has 1 nitrogen and oxygen atoms in total. The maximum atomic E-state index is 14.3. The van der Waals surface area contributed by atoms with E-state index in [0.717, 1.165) is 43.6 Å². The molecule has 0 amide bonds. The third kappa shape index (κ3) is 8.44. The summed E-state index contributed by atoms with van der Waals surface area (Å²) in [5.41, 5.74) is 4.39. The Balaban J connectivity index is 2.12. The summed E-state index contributed by atoms with van der Waals surface area (Å²) < 4.78 is 0. The van der Waals surface area contributed by atoms with E-state index in [1.807, 2.05) is 0 Å². The number of ketones is 1. The number of carbonyl (C=O) groups excluding carboxylic acids is 1. The van der Waals surface area contributed by atoms with Gasteiger partial charge in [0.15, 0.2) is 0 Å². The molecule has 0 aromatic heterocycles. The topological polar surface area (TPSA) is 17.1 Å². The zero-order valence-electron chi connectivity index (χ0n) is 26.6. The van der Waals surface area contributed by atoms with Crippen LogP contribution >= 0.6 is 0 Å². The average molecular weight is 511 g/mol. The number of fused-ring (bicyclic) bond motifs is 1. The van der Waals surface area contributed by atoms with E-state index in [1.54, 1.807) is 0 Å². The summed E-state index contributed by atoms with van der Waals surface area (Å²) in [6.07, 6.45) is 11.4. The number of rotatable bonds is 15. The molecular weight excluding hydrogens is 448 g/mol. The number of hydrogen-bond acceptors (Lipinski definition) is 1. The first-order chi connectivity index (χ1) is 16.9. The van der Waals surface area contributed by atoms with Crippen LogP contribution in [0.25, 0.3) is 0 Å². The highest BCUT2D eigenvalue weighted by molar-refractivity contribution is 5.85. The van der Waals surface area contributed by atoms with Crippen molar-refractivity contribution in [2.24, 2.45) is 51.8 Å². The number of hydrogen-bond donors (Lipinski definition) is 0. The molecule has 0 bridgehead atoms. The predicted octanol–water partition coefficient (Wildman–Crippen LogP) is 11.0. The molecule has 2 aliphatic rings. The van der Waals surface area contributed by atoms with Crippen molar-refractivity contribution in [2.45, 2.75) is 133 Å². The van der Waals surface area contributed by atoms with Gasteiger partial charge in [0.25, 0.3) is 0 Å². The van der Waals surface area contributed by atoms with E-state index in [2.05, 4.69) is 89.0 Å². The fourth-order valence-corrected chi connectivity index (χ4v) is 7.59. The summed E-state index contributed by atoms with van der Waals surface area (Å²) in [6, 6.07) is 0. The molecule has 0 radical (unpaired) electrons. The molecule has 0 saturated heterocycles. The molecule has 2 aliphatic carbocycles. The van der Waals surface area contributed by atoms with Crippen LogP contribution in [0.4, 0.5) is 0 Å². The Bertz CT molecular complexity index is 826. The van der Waals surface area contributed by atoms with Gasteiger partial charge in [-0.15, -0.1) is 0 Å². The Labute approximate surface area is 232 Å². The lowest BCUT2D eigenvalue weighted by atomic mass is 9.67. The van der Waals surface area contributed by atoms with Gasteiger partial charge in [0.2, 0.25) is 0 Å². The van der Waals surface area contributed by atoms with E-state index < -0.39 is 0 Å². The van der Waals surface area contributed by atoms with Crippen molar-refractivity contribution in [2.75, 3.05) is 0 Å². The Kier molecular flexibility index (Phi) is 10.7. The highest BCUT2D eigenvalue weighted by Gasteiger charge is 2.67. The van der Waals surface area contributed by atoms with Crippen LogP contribution in [0, 0.1) is 51.8 Å². The number of unbranched alkanes of at least 4 members (excludes halogenated alkanes) is 1. The molecule has 6 atom stereocenters. The van der Waals surface area contributed by atoms with Crippen molar-refractivity contribution < 1.29 is 4.79 Å². The average Bonchev–Trinajstić information content (AvgIpc) is 3.10. The van der Waals surface area contributed by atoms with Gasteiger partial charge in [0.05, 0.1) is 0 Å². The standard InChI is InChI=1S/C36H62O/c1-14-17-27(26(5)24(2)3)19-20-28-29(23-30-32(28)36(30,12)13)33(37)31(35(9,10)11)22-25(4)18-15-16-21-34(6,7)8/h27-32H,2,4-5,14-23H2,1,3,6-13H3/t27-,28?,29?,30?,31?,32?/m0/s1.